The van der Waals surface area contributed by atoms with Gasteiger partial charge in [0, 0.05) is 29.7 Å². The summed E-state index contributed by atoms with van der Waals surface area (Å²) in [6, 6.07) is 11.4. The van der Waals surface area contributed by atoms with Gasteiger partial charge in [-0.15, -0.1) is 11.8 Å². The van der Waals surface area contributed by atoms with E-state index in [0.29, 0.717) is 17.9 Å². The molecule has 0 saturated heterocycles. The highest BCUT2D eigenvalue weighted by Gasteiger charge is 2.06. The molecule has 0 radical (unpaired) electrons. The molecule has 0 aromatic heterocycles. The van der Waals surface area contributed by atoms with Crippen LogP contribution in [0.25, 0.3) is 0 Å². The van der Waals surface area contributed by atoms with Crippen molar-refractivity contribution in [2.45, 2.75) is 25.2 Å². The Bertz CT molecular complexity index is 766. The minimum Gasteiger partial charge on any atom is -0.338 e. The summed E-state index contributed by atoms with van der Waals surface area (Å²) < 4.78 is 12.8. The quantitative estimate of drug-likeness (QED) is 0.496. The van der Waals surface area contributed by atoms with Crippen molar-refractivity contribution < 1.29 is 14.0 Å². The average Bonchev–Trinajstić information content (AvgIpc) is 2.59. The normalized spacial score (nSPS) is 10.3. The summed E-state index contributed by atoms with van der Waals surface area (Å²) in [5.74, 6) is 0.414. The van der Waals surface area contributed by atoms with Crippen LogP contribution in [0.4, 0.5) is 20.6 Å². The minimum absolute atomic E-state index is 0.164. The molecule has 26 heavy (non-hydrogen) atoms. The van der Waals surface area contributed by atoms with Crippen LogP contribution in [-0.2, 0) is 4.79 Å². The third-order valence-electron chi connectivity index (χ3n) is 3.50. The van der Waals surface area contributed by atoms with E-state index in [1.54, 1.807) is 36.0 Å². The molecule has 0 atom stereocenters. The summed E-state index contributed by atoms with van der Waals surface area (Å²) in [4.78, 5) is 24.1. The van der Waals surface area contributed by atoms with E-state index in [1.165, 1.54) is 19.1 Å². The third-order valence-corrected chi connectivity index (χ3v) is 4.59. The van der Waals surface area contributed by atoms with E-state index >= 15 is 0 Å². The van der Waals surface area contributed by atoms with Gasteiger partial charge in [0.25, 0.3) is 0 Å². The largest absolute Gasteiger partial charge is 0.338 e. The molecule has 0 heterocycles. The fourth-order valence-corrected chi connectivity index (χ4v) is 3.05. The van der Waals surface area contributed by atoms with Crippen LogP contribution in [0.2, 0.25) is 0 Å². The average molecular weight is 375 g/mol. The summed E-state index contributed by atoms with van der Waals surface area (Å²) in [6.07, 6.45) is 0.792. The highest BCUT2D eigenvalue weighted by Crippen LogP contribution is 2.20. The van der Waals surface area contributed by atoms with Crippen LogP contribution in [0, 0.1) is 12.7 Å². The van der Waals surface area contributed by atoms with Crippen molar-refractivity contribution in [3.8, 4) is 0 Å². The molecule has 0 fully saturated rings. The molecule has 0 spiro atoms. The predicted octanol–water partition coefficient (Wildman–Crippen LogP) is 4.40. The van der Waals surface area contributed by atoms with Crippen LogP contribution < -0.4 is 16.0 Å². The number of carbonyl (C=O) groups is 2. The van der Waals surface area contributed by atoms with Crippen LogP contribution in [0.15, 0.2) is 47.4 Å². The summed E-state index contributed by atoms with van der Waals surface area (Å²) in [6.45, 7) is 3.85. The molecule has 0 aliphatic rings. The number of carbonyl (C=O) groups excluding carboxylic acids is 2. The molecular formula is C19H22FN3O2S. The van der Waals surface area contributed by atoms with Crippen LogP contribution >= 0.6 is 11.8 Å². The number of halogens is 1. The van der Waals surface area contributed by atoms with Gasteiger partial charge in [-0.2, -0.15) is 0 Å². The maximum absolute atomic E-state index is 12.8. The molecule has 7 heteroatoms. The number of rotatable bonds is 7. The first-order valence-corrected chi connectivity index (χ1v) is 9.24. The number of amides is 3. The lowest BCUT2D eigenvalue weighted by atomic mass is 10.2. The number of hydrogen-bond acceptors (Lipinski definition) is 3. The summed E-state index contributed by atoms with van der Waals surface area (Å²) in [7, 11) is 0. The zero-order valence-electron chi connectivity index (χ0n) is 14.8. The third kappa shape index (κ3) is 6.76. The van der Waals surface area contributed by atoms with Crippen molar-refractivity contribution in [1.82, 2.24) is 5.32 Å². The van der Waals surface area contributed by atoms with Crippen molar-refractivity contribution in [1.29, 1.82) is 0 Å². The summed E-state index contributed by atoms with van der Waals surface area (Å²) in [5, 5.41) is 8.28. The van der Waals surface area contributed by atoms with E-state index in [9.17, 15) is 14.0 Å². The van der Waals surface area contributed by atoms with Crippen molar-refractivity contribution in [2.75, 3.05) is 22.9 Å². The van der Waals surface area contributed by atoms with Crippen LogP contribution in [-0.4, -0.2) is 24.2 Å². The van der Waals surface area contributed by atoms with E-state index in [-0.39, 0.29) is 17.8 Å². The molecule has 0 aliphatic carbocycles. The minimum atomic E-state index is -0.292. The zero-order valence-corrected chi connectivity index (χ0v) is 15.6. The summed E-state index contributed by atoms with van der Waals surface area (Å²) >= 11 is 1.62. The van der Waals surface area contributed by atoms with E-state index in [4.69, 9.17) is 0 Å². The van der Waals surface area contributed by atoms with E-state index in [1.807, 2.05) is 13.0 Å². The summed E-state index contributed by atoms with van der Waals surface area (Å²) in [5.41, 5.74) is 2.18. The second-order valence-corrected chi connectivity index (χ2v) is 6.92. The molecule has 2 aromatic rings. The van der Waals surface area contributed by atoms with Crippen molar-refractivity contribution in [3.63, 3.8) is 0 Å². The molecule has 3 amide bonds. The first-order valence-electron chi connectivity index (χ1n) is 8.25. The Morgan fingerprint density at radius 3 is 2.50 bits per heavy atom. The Kier molecular flexibility index (Phi) is 7.47. The van der Waals surface area contributed by atoms with Gasteiger partial charge < -0.3 is 16.0 Å². The monoisotopic (exact) mass is 375 g/mol. The predicted molar refractivity (Wildman–Crippen MR) is 104 cm³/mol. The smallest absolute Gasteiger partial charge is 0.319 e. The van der Waals surface area contributed by atoms with E-state index in [0.717, 1.165) is 22.6 Å². The first kappa shape index (κ1) is 19.8. The van der Waals surface area contributed by atoms with Crippen LogP contribution in [0.3, 0.4) is 0 Å². The van der Waals surface area contributed by atoms with Gasteiger partial charge in [0.05, 0.1) is 0 Å². The maximum Gasteiger partial charge on any atom is 0.319 e. The fraction of sp³-hybridized carbons (Fsp3) is 0.263. The van der Waals surface area contributed by atoms with Crippen LogP contribution in [0.1, 0.15) is 18.9 Å². The van der Waals surface area contributed by atoms with Gasteiger partial charge in [-0.05, 0) is 61.1 Å². The van der Waals surface area contributed by atoms with Crippen molar-refractivity contribution >= 4 is 35.1 Å². The van der Waals surface area contributed by atoms with Gasteiger partial charge >= 0.3 is 6.03 Å². The Morgan fingerprint density at radius 1 is 1.08 bits per heavy atom. The fourth-order valence-electron chi connectivity index (χ4n) is 2.20. The van der Waals surface area contributed by atoms with E-state index in [2.05, 4.69) is 16.0 Å². The van der Waals surface area contributed by atoms with E-state index < -0.39 is 0 Å². The van der Waals surface area contributed by atoms with Gasteiger partial charge in [-0.25, -0.2) is 9.18 Å². The number of anilines is 2. The Labute approximate surface area is 156 Å². The number of urea groups is 1. The van der Waals surface area contributed by atoms with Gasteiger partial charge in [0.2, 0.25) is 5.91 Å². The van der Waals surface area contributed by atoms with Crippen molar-refractivity contribution in [2.24, 2.45) is 0 Å². The lowest BCUT2D eigenvalue weighted by Gasteiger charge is -2.12. The molecule has 0 bridgehead atoms. The van der Waals surface area contributed by atoms with Gasteiger partial charge in [0.15, 0.2) is 0 Å². The Hall–Kier alpha value is -2.54. The standard InChI is InChI=1S/C19H22FN3O2S/c1-13-4-7-16(22-14(2)24)12-18(13)23-19(25)21-10-3-11-26-17-8-5-15(20)6-9-17/h4-9,12H,3,10-11H2,1-2H3,(H,22,24)(H2,21,23,25). The second-order valence-electron chi connectivity index (χ2n) is 5.75. The number of thioether (sulfide) groups is 1. The first-order chi connectivity index (χ1) is 12.4. The topological polar surface area (TPSA) is 70.2 Å². The molecular weight excluding hydrogens is 353 g/mol. The number of aryl methyl sites for hydroxylation is 1. The lowest BCUT2D eigenvalue weighted by Crippen LogP contribution is -2.30. The Morgan fingerprint density at radius 2 is 1.81 bits per heavy atom. The van der Waals surface area contributed by atoms with Crippen molar-refractivity contribution in [3.05, 3.63) is 53.8 Å². The van der Waals surface area contributed by atoms with Gasteiger partial charge in [-0.1, -0.05) is 6.07 Å². The van der Waals surface area contributed by atoms with Gasteiger partial charge in [-0.3, -0.25) is 4.79 Å². The molecule has 5 nitrogen and oxygen atoms in total. The molecule has 2 rings (SSSR count). The molecule has 0 unspecified atom stereocenters. The maximum atomic E-state index is 12.8. The highest BCUT2D eigenvalue weighted by molar-refractivity contribution is 7.99. The second kappa shape index (κ2) is 9.82. The molecule has 138 valence electrons. The highest BCUT2D eigenvalue weighted by atomic mass is 32.2. The number of nitrogens with one attached hydrogen (secondary N) is 3. The molecule has 0 aliphatic heterocycles. The number of benzene rings is 2. The Balaban J connectivity index is 1.73. The van der Waals surface area contributed by atoms with Crippen LogP contribution in [0.5, 0.6) is 0 Å². The molecule has 0 saturated carbocycles. The van der Waals surface area contributed by atoms with Gasteiger partial charge in [0.1, 0.15) is 5.82 Å². The lowest BCUT2D eigenvalue weighted by molar-refractivity contribution is -0.114. The molecule has 3 N–H and O–H groups in total. The zero-order chi connectivity index (χ0) is 18.9. The SMILES string of the molecule is CC(=O)Nc1ccc(C)c(NC(=O)NCCCSc2ccc(F)cc2)c1. The number of hydrogen-bond donors (Lipinski definition) is 3. The molecule has 2 aromatic carbocycles.